The van der Waals surface area contributed by atoms with Gasteiger partial charge in [0.1, 0.15) is 0 Å². The lowest BCUT2D eigenvalue weighted by Gasteiger charge is -2.17. The van der Waals surface area contributed by atoms with Crippen LogP contribution in [-0.4, -0.2) is 0 Å². The van der Waals surface area contributed by atoms with E-state index in [4.69, 9.17) is 13.6 Å². The highest BCUT2D eigenvalue weighted by Gasteiger charge is 2.48. The SMILES string of the molecule is I[P+](Oc1ccccc1)(Oc1ccccc1)Oc1ccccc1.[I-]. The Labute approximate surface area is 172 Å². The maximum absolute atomic E-state index is 6.06. The number of hydrogen-bond acceptors (Lipinski definition) is 3. The smallest absolute Gasteiger partial charge is 0.607 e. The zero-order valence-corrected chi connectivity index (χ0v) is 17.8. The molecule has 0 saturated heterocycles. The maximum Gasteiger partial charge on any atom is 0.607 e. The van der Waals surface area contributed by atoms with E-state index in [1.807, 2.05) is 91.0 Å². The van der Waals surface area contributed by atoms with Crippen molar-refractivity contribution in [2.24, 2.45) is 0 Å². The molecule has 0 fully saturated rings. The Bertz CT molecular complexity index is 626. The molecule has 124 valence electrons. The van der Waals surface area contributed by atoms with Crippen LogP contribution in [0, 0.1) is 0 Å². The van der Waals surface area contributed by atoms with Crippen LogP contribution in [0.5, 0.6) is 17.2 Å². The van der Waals surface area contributed by atoms with Crippen molar-refractivity contribution in [3.8, 4) is 17.2 Å². The highest BCUT2D eigenvalue weighted by molar-refractivity contribution is 14.2. The van der Waals surface area contributed by atoms with Crippen LogP contribution in [0.1, 0.15) is 0 Å². The highest BCUT2D eigenvalue weighted by Crippen LogP contribution is 2.67. The van der Waals surface area contributed by atoms with Gasteiger partial charge in [-0.3, -0.25) is 13.6 Å². The van der Waals surface area contributed by atoms with E-state index in [9.17, 15) is 0 Å². The lowest BCUT2D eigenvalue weighted by Crippen LogP contribution is -3.00. The van der Waals surface area contributed by atoms with Crippen molar-refractivity contribution >= 4 is 27.6 Å². The van der Waals surface area contributed by atoms with E-state index in [0.717, 1.165) is 0 Å². The summed E-state index contributed by atoms with van der Waals surface area (Å²) in [6.07, 6.45) is 0. The van der Waals surface area contributed by atoms with Crippen molar-refractivity contribution in [2.75, 3.05) is 0 Å². The van der Waals surface area contributed by atoms with Crippen molar-refractivity contribution in [2.45, 2.75) is 0 Å². The molecule has 6 heteroatoms. The van der Waals surface area contributed by atoms with Gasteiger partial charge in [-0.05, 0) is 36.4 Å². The lowest BCUT2D eigenvalue weighted by atomic mass is 10.3. The molecule has 0 spiro atoms. The van der Waals surface area contributed by atoms with E-state index in [0.29, 0.717) is 17.2 Å². The Morgan fingerprint density at radius 1 is 0.500 bits per heavy atom. The Hall–Kier alpha value is -1.05. The number of rotatable bonds is 6. The number of para-hydroxylation sites is 3. The predicted octanol–water partition coefficient (Wildman–Crippen LogP) is 3.34. The van der Waals surface area contributed by atoms with E-state index >= 15 is 0 Å². The summed E-state index contributed by atoms with van der Waals surface area (Å²) < 4.78 is 18.2. The number of hydrogen-bond donors (Lipinski definition) is 0. The standard InChI is InChI=1S/C18H15IO3P.HI/c19-23(20-16-10-4-1-5-11-16,21-17-12-6-2-7-13-17)22-18-14-8-3-9-15-18;/h1-15H;1H/q+1;/p-1. The molecule has 0 unspecified atom stereocenters. The first-order valence-electron chi connectivity index (χ1n) is 7.06. The van der Waals surface area contributed by atoms with Gasteiger partial charge in [0.2, 0.25) is 0 Å². The Kier molecular flexibility index (Phi) is 7.58. The summed E-state index contributed by atoms with van der Waals surface area (Å²) in [5.41, 5.74) is -2.67. The summed E-state index contributed by atoms with van der Waals surface area (Å²) in [5.74, 6) is 2.13. The fourth-order valence-electron chi connectivity index (χ4n) is 1.88. The van der Waals surface area contributed by atoms with Crippen LogP contribution >= 0.6 is 27.6 Å². The topological polar surface area (TPSA) is 27.7 Å². The van der Waals surface area contributed by atoms with Gasteiger partial charge in [0.25, 0.3) is 22.0 Å². The van der Waals surface area contributed by atoms with Gasteiger partial charge in [-0.1, -0.05) is 54.6 Å². The van der Waals surface area contributed by atoms with Gasteiger partial charge in [0.15, 0.2) is 17.2 Å². The molecular formula is C18H15I2O3P. The zero-order chi connectivity index (χ0) is 16.0. The lowest BCUT2D eigenvalue weighted by molar-refractivity contribution is -0.00000690. The molecule has 3 nitrogen and oxygen atoms in total. The molecule has 3 aromatic rings. The van der Waals surface area contributed by atoms with E-state index in [1.165, 1.54) is 0 Å². The molecule has 24 heavy (non-hydrogen) atoms. The molecule has 3 rings (SSSR count). The molecule has 0 amide bonds. The second-order valence-corrected chi connectivity index (χ2v) is 9.60. The fraction of sp³-hybridized carbons (Fsp3) is 0. The summed E-state index contributed by atoms with van der Waals surface area (Å²) in [5, 5.41) is 0. The largest absolute Gasteiger partial charge is 1.00 e. The van der Waals surface area contributed by atoms with Crippen molar-refractivity contribution in [1.82, 2.24) is 0 Å². The average Bonchev–Trinajstić information content (AvgIpc) is 2.57. The van der Waals surface area contributed by atoms with Gasteiger partial charge in [0.05, 0.1) is 0 Å². The minimum absolute atomic E-state index is 0. The minimum Gasteiger partial charge on any atom is -1.00 e. The molecular weight excluding hydrogens is 549 g/mol. The quantitative estimate of drug-likeness (QED) is 0.340. The molecule has 0 N–H and O–H groups in total. The molecule has 0 radical (unpaired) electrons. The Balaban J connectivity index is 0.00000208. The van der Waals surface area contributed by atoms with Crippen LogP contribution in [0.4, 0.5) is 0 Å². The van der Waals surface area contributed by atoms with Crippen LogP contribution < -0.4 is 37.5 Å². The third-order valence-corrected chi connectivity index (χ3v) is 5.93. The van der Waals surface area contributed by atoms with Gasteiger partial charge in [-0.25, -0.2) is 0 Å². The molecule has 0 atom stereocenters. The van der Waals surface area contributed by atoms with E-state index in [-0.39, 0.29) is 24.0 Å². The number of halogens is 2. The predicted molar refractivity (Wildman–Crippen MR) is 102 cm³/mol. The first-order chi connectivity index (χ1) is 11.2. The minimum atomic E-state index is -2.67. The maximum atomic E-state index is 6.06. The van der Waals surface area contributed by atoms with Crippen molar-refractivity contribution in [3.05, 3.63) is 91.0 Å². The molecule has 0 aliphatic carbocycles. The van der Waals surface area contributed by atoms with Crippen LogP contribution in [0.25, 0.3) is 0 Å². The van der Waals surface area contributed by atoms with E-state index < -0.39 is 5.59 Å². The summed E-state index contributed by atoms with van der Waals surface area (Å²) in [7, 11) is 0. The first-order valence-corrected chi connectivity index (χ1v) is 11.4. The normalized spacial score (nSPS) is 10.4. The average molecular weight is 564 g/mol. The van der Waals surface area contributed by atoms with Gasteiger partial charge in [0, 0.05) is 0 Å². The first kappa shape index (κ1) is 19.3. The van der Waals surface area contributed by atoms with Gasteiger partial charge >= 0.3 is 5.59 Å². The van der Waals surface area contributed by atoms with E-state index in [1.54, 1.807) is 0 Å². The van der Waals surface area contributed by atoms with Crippen LogP contribution in [0.15, 0.2) is 91.0 Å². The molecule has 0 aromatic heterocycles. The zero-order valence-electron chi connectivity index (χ0n) is 12.6. The molecule has 0 bridgehead atoms. The monoisotopic (exact) mass is 564 g/mol. The molecule has 3 aromatic carbocycles. The second kappa shape index (κ2) is 9.44. The van der Waals surface area contributed by atoms with Gasteiger partial charge in [-0.2, -0.15) is 0 Å². The molecule has 0 aliphatic rings. The molecule has 0 aliphatic heterocycles. The van der Waals surface area contributed by atoms with E-state index in [2.05, 4.69) is 22.0 Å². The summed E-state index contributed by atoms with van der Waals surface area (Å²) in [6, 6.07) is 28.6. The van der Waals surface area contributed by atoms with Crippen molar-refractivity contribution < 1.29 is 37.5 Å². The fourth-order valence-corrected chi connectivity index (χ4v) is 5.16. The van der Waals surface area contributed by atoms with Crippen LogP contribution in [0.3, 0.4) is 0 Å². The highest BCUT2D eigenvalue weighted by atomic mass is 127. The summed E-state index contributed by atoms with van der Waals surface area (Å²) in [6.45, 7) is 0. The Morgan fingerprint density at radius 3 is 1.00 bits per heavy atom. The van der Waals surface area contributed by atoms with Crippen LogP contribution in [-0.2, 0) is 0 Å². The number of benzene rings is 3. The van der Waals surface area contributed by atoms with Crippen molar-refractivity contribution in [3.63, 3.8) is 0 Å². The third kappa shape index (κ3) is 5.79. The van der Waals surface area contributed by atoms with Gasteiger partial charge < -0.3 is 24.0 Å². The van der Waals surface area contributed by atoms with Crippen LogP contribution in [0.2, 0.25) is 0 Å². The van der Waals surface area contributed by atoms with Crippen molar-refractivity contribution in [1.29, 1.82) is 0 Å². The summed E-state index contributed by atoms with van der Waals surface area (Å²) in [4.78, 5) is 0. The Morgan fingerprint density at radius 2 is 0.750 bits per heavy atom. The second-order valence-electron chi connectivity index (χ2n) is 4.64. The molecule has 0 heterocycles. The third-order valence-electron chi connectivity index (χ3n) is 2.87. The van der Waals surface area contributed by atoms with Gasteiger partial charge in [-0.15, -0.1) is 0 Å². The molecule has 0 saturated carbocycles. The summed E-state index contributed by atoms with van der Waals surface area (Å²) >= 11 is 2.13.